The number of hydrogen-bond acceptors (Lipinski definition) is 3. The minimum absolute atomic E-state index is 0. The van der Waals surface area contributed by atoms with Crippen LogP contribution in [-0.2, 0) is 0 Å². The molecule has 0 unspecified atom stereocenters. The topological polar surface area (TPSA) is 71.8 Å². The van der Waals surface area contributed by atoms with Gasteiger partial charge in [-0.15, -0.1) is 0 Å². The Kier molecular flexibility index (Phi) is 2.75. The molecule has 0 aliphatic carbocycles. The summed E-state index contributed by atoms with van der Waals surface area (Å²) in [5.41, 5.74) is 5.17. The van der Waals surface area contributed by atoms with Crippen LogP contribution >= 0.6 is 0 Å². The second-order valence-corrected chi connectivity index (χ2v) is 4.79. The molecular weight excluding hydrogens is 254 g/mol. The van der Waals surface area contributed by atoms with E-state index in [0.29, 0.717) is 0 Å². The fourth-order valence-corrected chi connectivity index (χ4v) is 2.19. The van der Waals surface area contributed by atoms with E-state index in [4.69, 9.17) is 0 Å². The van der Waals surface area contributed by atoms with E-state index in [2.05, 4.69) is 23.0 Å². The molecular formula is C15H15N3O2. The molecule has 5 heteroatoms. The smallest absolute Gasteiger partial charge is 0.269 e. The van der Waals surface area contributed by atoms with Gasteiger partial charge in [0.2, 0.25) is 0 Å². The van der Waals surface area contributed by atoms with Crippen molar-refractivity contribution in [3.05, 3.63) is 57.6 Å². The first-order valence-corrected chi connectivity index (χ1v) is 6.27. The molecule has 0 aliphatic rings. The molecule has 0 radical (unpaired) electrons. The summed E-state index contributed by atoms with van der Waals surface area (Å²) in [6.07, 6.45) is 0. The zero-order valence-electron chi connectivity index (χ0n) is 11.2. The molecule has 3 rings (SSSR count). The molecule has 2 aromatic carbocycles. The van der Waals surface area contributed by atoms with Gasteiger partial charge in [0.05, 0.1) is 16.0 Å². The first-order chi connectivity index (χ1) is 9.56. The van der Waals surface area contributed by atoms with Gasteiger partial charge >= 0.3 is 0 Å². The molecule has 1 aromatic heterocycles. The normalized spacial score (nSPS) is 10.9. The number of nitro benzene ring substituents is 1. The number of nitro groups is 1. The van der Waals surface area contributed by atoms with Gasteiger partial charge in [-0.1, -0.05) is 6.07 Å². The summed E-state index contributed by atoms with van der Waals surface area (Å²) in [6.45, 7) is 4.09. The summed E-state index contributed by atoms with van der Waals surface area (Å²) in [4.78, 5) is 18.1. The van der Waals surface area contributed by atoms with Gasteiger partial charge in [0, 0.05) is 19.1 Å². The molecule has 1 heterocycles. The van der Waals surface area contributed by atoms with Crippen LogP contribution in [0.15, 0.2) is 36.4 Å². The highest BCUT2D eigenvalue weighted by Gasteiger charge is 2.10. The highest BCUT2D eigenvalue weighted by Crippen LogP contribution is 2.25. The number of nitrogens with zero attached hydrogens (tertiary/aromatic N) is 2. The maximum Gasteiger partial charge on any atom is 0.269 e. The fourth-order valence-electron chi connectivity index (χ4n) is 2.19. The Morgan fingerprint density at radius 1 is 1.15 bits per heavy atom. The van der Waals surface area contributed by atoms with Gasteiger partial charge in [0.25, 0.3) is 5.69 Å². The second-order valence-electron chi connectivity index (χ2n) is 4.79. The molecule has 0 fully saturated rings. The molecule has 0 atom stereocenters. The average molecular weight is 269 g/mol. The van der Waals surface area contributed by atoms with Crippen molar-refractivity contribution < 1.29 is 6.35 Å². The van der Waals surface area contributed by atoms with E-state index in [9.17, 15) is 10.1 Å². The number of aryl methyl sites for hydroxylation is 2. The van der Waals surface area contributed by atoms with Crippen LogP contribution < -0.4 is 0 Å². The van der Waals surface area contributed by atoms with Crippen molar-refractivity contribution in [3.63, 3.8) is 0 Å². The summed E-state index contributed by atoms with van der Waals surface area (Å²) >= 11 is 0. The highest BCUT2D eigenvalue weighted by molar-refractivity contribution is 5.83. The zero-order chi connectivity index (χ0) is 14.3. The van der Waals surface area contributed by atoms with Crippen molar-refractivity contribution in [2.45, 2.75) is 13.8 Å². The predicted octanol–water partition coefficient (Wildman–Crippen LogP) is 4.00. The molecule has 0 aliphatic heterocycles. The van der Waals surface area contributed by atoms with Crippen LogP contribution in [0.5, 0.6) is 0 Å². The Bertz CT molecular complexity index is 810. The van der Waals surface area contributed by atoms with E-state index in [1.165, 1.54) is 17.7 Å². The Morgan fingerprint density at radius 3 is 2.50 bits per heavy atom. The van der Waals surface area contributed by atoms with Gasteiger partial charge in [0.15, 0.2) is 0 Å². The van der Waals surface area contributed by atoms with Gasteiger partial charge in [-0.3, -0.25) is 10.1 Å². The lowest BCUT2D eigenvalue weighted by atomic mass is 10.1. The quantitative estimate of drug-likeness (QED) is 0.564. The van der Waals surface area contributed by atoms with Crippen LogP contribution in [0.4, 0.5) is 5.69 Å². The Morgan fingerprint density at radius 2 is 1.85 bits per heavy atom. The van der Waals surface area contributed by atoms with Gasteiger partial charge in [0.1, 0.15) is 5.82 Å². The molecule has 0 amide bonds. The molecule has 20 heavy (non-hydrogen) atoms. The van der Waals surface area contributed by atoms with Gasteiger partial charge in [-0.05, 0) is 43.2 Å². The Labute approximate surface area is 116 Å². The standard InChI is InChI=1S/C15H13N3O2.H2/c1-9-3-8-13-14(10(9)2)17-15(16-13)11-4-6-12(7-5-11)18(19)20;/h3-8H,1-2H3,(H,16,17);1H. The van der Waals surface area contributed by atoms with Crippen molar-refractivity contribution in [3.8, 4) is 11.4 Å². The molecule has 0 saturated heterocycles. The number of benzene rings is 2. The summed E-state index contributed by atoms with van der Waals surface area (Å²) in [6, 6.07) is 10.4. The fraction of sp³-hybridized carbons (Fsp3) is 0.133. The SMILES string of the molecule is Cc1ccc2[nH]c(-c3ccc([N+](=O)[O-])cc3)nc2c1C.[HH]. The largest absolute Gasteiger partial charge is 0.338 e. The third-order valence-electron chi connectivity index (χ3n) is 3.53. The van der Waals surface area contributed by atoms with E-state index in [1.54, 1.807) is 12.1 Å². The summed E-state index contributed by atoms with van der Waals surface area (Å²) < 4.78 is 0. The van der Waals surface area contributed by atoms with Crippen LogP contribution in [0.3, 0.4) is 0 Å². The number of hydrogen-bond donors (Lipinski definition) is 1. The van der Waals surface area contributed by atoms with Crippen molar-refractivity contribution in [1.29, 1.82) is 0 Å². The van der Waals surface area contributed by atoms with E-state index in [0.717, 1.165) is 28.0 Å². The second kappa shape index (κ2) is 4.45. The molecule has 0 bridgehead atoms. The summed E-state index contributed by atoms with van der Waals surface area (Å²) in [5, 5.41) is 10.7. The van der Waals surface area contributed by atoms with Gasteiger partial charge < -0.3 is 4.98 Å². The van der Waals surface area contributed by atoms with Crippen LogP contribution in [0.2, 0.25) is 0 Å². The molecule has 0 spiro atoms. The minimum Gasteiger partial charge on any atom is -0.338 e. The third-order valence-corrected chi connectivity index (χ3v) is 3.53. The minimum atomic E-state index is -0.407. The number of non-ortho nitro benzene ring substituents is 1. The van der Waals surface area contributed by atoms with Crippen LogP contribution in [-0.4, -0.2) is 14.9 Å². The first-order valence-electron chi connectivity index (χ1n) is 6.27. The zero-order valence-corrected chi connectivity index (χ0v) is 11.2. The van der Waals surface area contributed by atoms with Crippen LogP contribution in [0, 0.1) is 24.0 Å². The van der Waals surface area contributed by atoms with Crippen LogP contribution in [0.1, 0.15) is 12.6 Å². The van der Waals surface area contributed by atoms with Crippen molar-refractivity contribution in [2.24, 2.45) is 0 Å². The van der Waals surface area contributed by atoms with E-state index >= 15 is 0 Å². The van der Waals surface area contributed by atoms with E-state index in [-0.39, 0.29) is 7.11 Å². The molecule has 3 aromatic rings. The van der Waals surface area contributed by atoms with Crippen LogP contribution in [0.25, 0.3) is 22.4 Å². The number of aromatic amines is 1. The summed E-state index contributed by atoms with van der Waals surface area (Å²) in [5.74, 6) is 0.726. The highest BCUT2D eigenvalue weighted by atomic mass is 16.6. The molecule has 0 saturated carbocycles. The number of imidazole rings is 1. The maximum absolute atomic E-state index is 10.7. The lowest BCUT2D eigenvalue weighted by Gasteiger charge is -1.98. The number of nitrogens with one attached hydrogen (secondary N) is 1. The van der Waals surface area contributed by atoms with Crippen molar-refractivity contribution >= 4 is 16.7 Å². The summed E-state index contributed by atoms with van der Waals surface area (Å²) in [7, 11) is 0. The number of H-pyrrole nitrogens is 1. The predicted molar refractivity (Wildman–Crippen MR) is 79.8 cm³/mol. The average Bonchev–Trinajstić information content (AvgIpc) is 2.88. The Balaban J connectivity index is 0.00000161. The molecule has 102 valence electrons. The van der Waals surface area contributed by atoms with Crippen molar-refractivity contribution in [2.75, 3.05) is 0 Å². The lowest BCUT2D eigenvalue weighted by Crippen LogP contribution is -1.87. The molecule has 1 N–H and O–H groups in total. The Hall–Kier alpha value is -2.69. The maximum atomic E-state index is 10.7. The monoisotopic (exact) mass is 269 g/mol. The van der Waals surface area contributed by atoms with Gasteiger partial charge in [-0.25, -0.2) is 4.98 Å². The number of aromatic nitrogens is 2. The van der Waals surface area contributed by atoms with Crippen molar-refractivity contribution in [1.82, 2.24) is 9.97 Å². The van der Waals surface area contributed by atoms with E-state index in [1.807, 2.05) is 13.0 Å². The van der Waals surface area contributed by atoms with E-state index < -0.39 is 4.92 Å². The van der Waals surface area contributed by atoms with Gasteiger partial charge in [-0.2, -0.15) is 0 Å². The third kappa shape index (κ3) is 1.93. The number of rotatable bonds is 2. The first kappa shape index (κ1) is 12.3. The number of fused-ring (bicyclic) bond motifs is 1. The lowest BCUT2D eigenvalue weighted by molar-refractivity contribution is -0.384. The molecule has 5 nitrogen and oxygen atoms in total.